The third kappa shape index (κ3) is 6.00. The Morgan fingerprint density at radius 3 is 1.08 bits per heavy atom. The van der Waals surface area contributed by atoms with E-state index in [1.165, 1.54) is 44.2 Å². The third-order valence-electron chi connectivity index (χ3n) is 12.2. The fourth-order valence-electron chi connectivity index (χ4n) is 9.17. The van der Waals surface area contributed by atoms with Crippen molar-refractivity contribution in [1.29, 1.82) is 0 Å². The standard InChI is InChI=1S/C58H38N4/c1-4-14-39(15-5-1)41-24-26-43(27-25-41)44-32-34-47(35-33-44)61-54-22-12-10-20-48(54)50-36-37-51-49-21-11-13-23-55(49)62(57(51)56(50)61)58-59-52(45-18-8-3-9-19-45)38-53(60-58)46-30-28-42(29-31-46)40-16-6-2-7-17-40/h1-38H. The van der Waals surface area contributed by atoms with Crippen molar-refractivity contribution in [2.24, 2.45) is 0 Å². The van der Waals surface area contributed by atoms with Crippen LogP contribution in [0.4, 0.5) is 0 Å². The Hall–Kier alpha value is -8.34. The molecule has 4 nitrogen and oxygen atoms in total. The Labute approximate surface area is 359 Å². The van der Waals surface area contributed by atoms with E-state index in [0.717, 1.165) is 61.0 Å². The van der Waals surface area contributed by atoms with E-state index in [4.69, 9.17) is 9.97 Å². The number of benzene rings is 9. The second-order valence-electron chi connectivity index (χ2n) is 15.8. The van der Waals surface area contributed by atoms with Crippen LogP contribution in [0.3, 0.4) is 0 Å². The summed E-state index contributed by atoms with van der Waals surface area (Å²) in [6.07, 6.45) is 0. The second kappa shape index (κ2) is 14.7. The quantitative estimate of drug-likeness (QED) is 0.161. The first-order valence-electron chi connectivity index (χ1n) is 21.1. The predicted molar refractivity (Wildman–Crippen MR) is 258 cm³/mol. The van der Waals surface area contributed by atoms with Gasteiger partial charge in [0.25, 0.3) is 0 Å². The summed E-state index contributed by atoms with van der Waals surface area (Å²) in [5, 5.41) is 4.67. The van der Waals surface area contributed by atoms with E-state index in [1.807, 2.05) is 6.07 Å². The number of para-hydroxylation sites is 2. The lowest BCUT2D eigenvalue weighted by atomic mass is 10.0. The SMILES string of the molecule is c1ccc(-c2ccc(-c3ccc(-n4c5ccccc5c5ccc6c7ccccc7n(-c7nc(-c8ccccc8)cc(-c8ccc(-c9ccccc9)cc8)n7)c6c54)cc3)cc2)cc1. The summed E-state index contributed by atoms with van der Waals surface area (Å²) in [6, 6.07) is 82.1. The van der Waals surface area contributed by atoms with Crippen molar-refractivity contribution < 1.29 is 0 Å². The molecule has 0 unspecified atom stereocenters. The van der Waals surface area contributed by atoms with Crippen molar-refractivity contribution in [2.75, 3.05) is 0 Å². The fourth-order valence-corrected chi connectivity index (χ4v) is 9.17. The molecule has 0 spiro atoms. The molecule has 0 N–H and O–H groups in total. The summed E-state index contributed by atoms with van der Waals surface area (Å²) in [4.78, 5) is 10.9. The molecule has 0 fully saturated rings. The minimum atomic E-state index is 0.623. The van der Waals surface area contributed by atoms with Gasteiger partial charge in [-0.2, -0.15) is 0 Å². The van der Waals surface area contributed by atoms with Crippen LogP contribution < -0.4 is 0 Å². The molecule has 290 valence electrons. The monoisotopic (exact) mass is 790 g/mol. The maximum absolute atomic E-state index is 5.45. The number of hydrogen-bond acceptors (Lipinski definition) is 2. The molecule has 0 aliphatic carbocycles. The molecule has 3 heterocycles. The molecule has 4 heteroatoms. The van der Waals surface area contributed by atoms with Crippen LogP contribution >= 0.6 is 0 Å². The zero-order valence-corrected chi connectivity index (χ0v) is 33.7. The first kappa shape index (κ1) is 35.6. The van der Waals surface area contributed by atoms with Gasteiger partial charge in [0, 0.05) is 38.4 Å². The van der Waals surface area contributed by atoms with E-state index in [9.17, 15) is 0 Å². The zero-order chi connectivity index (χ0) is 41.0. The lowest BCUT2D eigenvalue weighted by molar-refractivity contribution is 0.995. The van der Waals surface area contributed by atoms with E-state index in [0.29, 0.717) is 5.95 Å². The van der Waals surface area contributed by atoms with Crippen molar-refractivity contribution in [3.05, 3.63) is 231 Å². The van der Waals surface area contributed by atoms with Crippen molar-refractivity contribution in [2.45, 2.75) is 0 Å². The Morgan fingerprint density at radius 1 is 0.258 bits per heavy atom. The summed E-state index contributed by atoms with van der Waals surface area (Å²) in [5.41, 5.74) is 16.4. The van der Waals surface area contributed by atoms with Gasteiger partial charge in [0.15, 0.2) is 0 Å². The summed E-state index contributed by atoms with van der Waals surface area (Å²) < 4.78 is 4.72. The maximum atomic E-state index is 5.45. The van der Waals surface area contributed by atoms with E-state index >= 15 is 0 Å². The van der Waals surface area contributed by atoms with Gasteiger partial charge < -0.3 is 4.57 Å². The average molecular weight is 791 g/mol. The highest BCUT2D eigenvalue weighted by Gasteiger charge is 2.23. The molecule has 0 bridgehead atoms. The highest BCUT2D eigenvalue weighted by atomic mass is 15.2. The summed E-state index contributed by atoms with van der Waals surface area (Å²) in [5.74, 6) is 0.623. The Balaban J connectivity index is 1.07. The lowest BCUT2D eigenvalue weighted by Gasteiger charge is -2.14. The molecule has 0 amide bonds. The molecular weight excluding hydrogens is 753 g/mol. The zero-order valence-electron chi connectivity index (χ0n) is 33.7. The van der Waals surface area contributed by atoms with Gasteiger partial charge in [-0.25, -0.2) is 9.97 Å². The normalized spacial score (nSPS) is 11.5. The molecule has 0 saturated heterocycles. The molecule has 0 radical (unpaired) electrons. The lowest BCUT2D eigenvalue weighted by Crippen LogP contribution is -2.05. The van der Waals surface area contributed by atoms with Gasteiger partial charge in [-0.15, -0.1) is 0 Å². The number of aromatic nitrogens is 4. The molecule has 3 aromatic heterocycles. The molecule has 62 heavy (non-hydrogen) atoms. The number of rotatable bonds is 7. The molecule has 0 saturated carbocycles. The molecule has 0 aliphatic heterocycles. The van der Waals surface area contributed by atoms with Gasteiger partial charge >= 0.3 is 0 Å². The molecule has 0 aliphatic rings. The van der Waals surface area contributed by atoms with Gasteiger partial charge in [-0.05, 0) is 63.7 Å². The van der Waals surface area contributed by atoms with Crippen molar-refractivity contribution in [3.63, 3.8) is 0 Å². The minimum Gasteiger partial charge on any atom is -0.307 e. The molecule has 12 rings (SSSR count). The van der Waals surface area contributed by atoms with Gasteiger partial charge in [0.1, 0.15) is 0 Å². The molecular formula is C58H38N4. The van der Waals surface area contributed by atoms with E-state index in [-0.39, 0.29) is 0 Å². The molecule has 12 aromatic rings. The van der Waals surface area contributed by atoms with Crippen molar-refractivity contribution >= 4 is 43.6 Å². The highest BCUT2D eigenvalue weighted by Crippen LogP contribution is 2.42. The van der Waals surface area contributed by atoms with Gasteiger partial charge in [-0.3, -0.25) is 4.57 Å². The van der Waals surface area contributed by atoms with Gasteiger partial charge in [0.05, 0.1) is 33.5 Å². The topological polar surface area (TPSA) is 35.6 Å². The van der Waals surface area contributed by atoms with Crippen molar-refractivity contribution in [1.82, 2.24) is 19.1 Å². The maximum Gasteiger partial charge on any atom is 0.235 e. The Morgan fingerprint density at radius 2 is 0.597 bits per heavy atom. The van der Waals surface area contributed by atoms with Crippen molar-refractivity contribution in [3.8, 4) is 67.5 Å². The van der Waals surface area contributed by atoms with Gasteiger partial charge in [-0.1, -0.05) is 200 Å². The number of nitrogens with zero attached hydrogens (tertiary/aromatic N) is 4. The van der Waals surface area contributed by atoms with E-state index in [2.05, 4.69) is 234 Å². The average Bonchev–Trinajstić information content (AvgIpc) is 3.88. The first-order chi connectivity index (χ1) is 30.7. The van der Waals surface area contributed by atoms with Crippen LogP contribution in [0.5, 0.6) is 0 Å². The third-order valence-corrected chi connectivity index (χ3v) is 12.2. The van der Waals surface area contributed by atoms with Crippen LogP contribution in [-0.2, 0) is 0 Å². The van der Waals surface area contributed by atoms with Crippen LogP contribution in [0.1, 0.15) is 0 Å². The van der Waals surface area contributed by atoms with Crippen LogP contribution in [-0.4, -0.2) is 19.1 Å². The van der Waals surface area contributed by atoms with E-state index < -0.39 is 0 Å². The summed E-state index contributed by atoms with van der Waals surface area (Å²) in [7, 11) is 0. The fraction of sp³-hybridized carbons (Fsp3) is 0. The molecule has 0 atom stereocenters. The highest BCUT2D eigenvalue weighted by molar-refractivity contribution is 6.23. The Bertz CT molecular complexity index is 3570. The Kier molecular flexibility index (Phi) is 8.46. The molecule has 9 aromatic carbocycles. The predicted octanol–water partition coefficient (Wildman–Crippen LogP) is 15.0. The minimum absolute atomic E-state index is 0.623. The van der Waals surface area contributed by atoms with Crippen LogP contribution in [0.25, 0.3) is 111 Å². The van der Waals surface area contributed by atoms with Crippen LogP contribution in [0.15, 0.2) is 231 Å². The first-order valence-corrected chi connectivity index (χ1v) is 21.1. The summed E-state index contributed by atoms with van der Waals surface area (Å²) >= 11 is 0. The van der Waals surface area contributed by atoms with Crippen LogP contribution in [0.2, 0.25) is 0 Å². The van der Waals surface area contributed by atoms with Gasteiger partial charge in [0.2, 0.25) is 5.95 Å². The number of hydrogen-bond donors (Lipinski definition) is 0. The largest absolute Gasteiger partial charge is 0.307 e. The van der Waals surface area contributed by atoms with E-state index in [1.54, 1.807) is 0 Å². The summed E-state index contributed by atoms with van der Waals surface area (Å²) in [6.45, 7) is 0. The van der Waals surface area contributed by atoms with Crippen LogP contribution in [0, 0.1) is 0 Å². The number of fused-ring (bicyclic) bond motifs is 7. The second-order valence-corrected chi connectivity index (χ2v) is 15.8. The smallest absolute Gasteiger partial charge is 0.235 e.